The second-order valence-electron chi connectivity index (χ2n) is 3.63. The fourth-order valence-electron chi connectivity index (χ4n) is 1.35. The second kappa shape index (κ2) is 4.22. The largest absolute Gasteiger partial charge is 0.464 e. The number of hydrogen-bond acceptors (Lipinski definition) is 4. The maximum absolute atomic E-state index is 11.4. The number of nitrogens with one attached hydrogen (secondary N) is 1. The van der Waals surface area contributed by atoms with E-state index in [4.69, 9.17) is 4.42 Å². The second-order valence-corrected chi connectivity index (χ2v) is 3.63. The Morgan fingerprint density at radius 1 is 1.50 bits per heavy atom. The molecule has 0 saturated carbocycles. The first-order valence-corrected chi connectivity index (χ1v) is 4.94. The van der Waals surface area contributed by atoms with E-state index in [0.29, 0.717) is 5.82 Å². The number of aromatic nitrogens is 1. The zero-order valence-corrected chi connectivity index (χ0v) is 9.23. The Balaban J connectivity index is 2.15. The first-order valence-electron chi connectivity index (χ1n) is 4.94. The van der Waals surface area contributed by atoms with Crippen molar-refractivity contribution in [1.29, 1.82) is 0 Å². The topological polar surface area (TPSA) is 58.4 Å². The van der Waals surface area contributed by atoms with Gasteiger partial charge in [0.1, 0.15) is 11.4 Å². The minimum Gasteiger partial charge on any atom is -0.464 e. The van der Waals surface area contributed by atoms with E-state index in [2.05, 4.69) is 10.3 Å². The molecule has 0 aliphatic carbocycles. The molecule has 0 atom stereocenters. The smallest absolute Gasteiger partial charge is 0.241 e. The molecule has 5 nitrogen and oxygen atoms in total. The molecule has 0 aliphatic rings. The molecule has 0 aromatic carbocycles. The van der Waals surface area contributed by atoms with Crippen molar-refractivity contribution in [3.63, 3.8) is 0 Å². The molecule has 5 heteroatoms. The highest BCUT2D eigenvalue weighted by Crippen LogP contribution is 2.21. The Morgan fingerprint density at radius 2 is 2.31 bits per heavy atom. The van der Waals surface area contributed by atoms with Crippen LogP contribution in [0.15, 0.2) is 29.0 Å². The van der Waals surface area contributed by atoms with Gasteiger partial charge in [-0.3, -0.25) is 4.79 Å². The summed E-state index contributed by atoms with van der Waals surface area (Å²) in [7, 11) is 3.44. The number of rotatable bonds is 3. The van der Waals surface area contributed by atoms with Crippen LogP contribution in [0.5, 0.6) is 0 Å². The van der Waals surface area contributed by atoms with Crippen molar-refractivity contribution < 1.29 is 9.21 Å². The van der Waals surface area contributed by atoms with Gasteiger partial charge >= 0.3 is 0 Å². The number of amides is 1. The lowest BCUT2D eigenvalue weighted by molar-refractivity contribution is -0.126. The number of carbonyl (C=O) groups excluding carboxylic acids is 1. The zero-order chi connectivity index (χ0) is 11.5. The third-order valence-electron chi connectivity index (χ3n) is 2.29. The van der Waals surface area contributed by atoms with Gasteiger partial charge in [-0.2, -0.15) is 0 Å². The molecule has 0 saturated heterocycles. The number of carbonyl (C=O) groups is 1. The molecule has 1 N–H and O–H groups in total. The van der Waals surface area contributed by atoms with Gasteiger partial charge in [-0.15, -0.1) is 0 Å². The van der Waals surface area contributed by atoms with Crippen LogP contribution in [0.4, 0.5) is 5.82 Å². The third-order valence-corrected chi connectivity index (χ3v) is 2.29. The van der Waals surface area contributed by atoms with Gasteiger partial charge < -0.3 is 14.6 Å². The van der Waals surface area contributed by atoms with Crippen molar-refractivity contribution in [2.45, 2.75) is 0 Å². The summed E-state index contributed by atoms with van der Waals surface area (Å²) in [5.74, 6) is 0.670. The van der Waals surface area contributed by atoms with Gasteiger partial charge in [0, 0.05) is 20.3 Å². The predicted octanol–water partition coefficient (Wildman–Crippen LogP) is 1.33. The number of pyridine rings is 1. The lowest BCUT2D eigenvalue weighted by atomic mass is 10.3. The molecule has 0 unspecified atom stereocenters. The van der Waals surface area contributed by atoms with Crippen LogP contribution >= 0.6 is 0 Å². The van der Waals surface area contributed by atoms with Gasteiger partial charge in [0.15, 0.2) is 0 Å². The van der Waals surface area contributed by atoms with Crippen molar-refractivity contribution in [2.24, 2.45) is 0 Å². The number of hydrogen-bond donors (Lipinski definition) is 1. The molecule has 2 aromatic rings. The van der Waals surface area contributed by atoms with Crippen LogP contribution in [0.1, 0.15) is 0 Å². The molecule has 2 rings (SSSR count). The number of anilines is 1. The van der Waals surface area contributed by atoms with Crippen molar-refractivity contribution in [1.82, 2.24) is 9.88 Å². The van der Waals surface area contributed by atoms with Gasteiger partial charge in [0.25, 0.3) is 0 Å². The minimum absolute atomic E-state index is 0.00213. The summed E-state index contributed by atoms with van der Waals surface area (Å²) < 4.78 is 5.24. The molecule has 84 valence electrons. The first kappa shape index (κ1) is 10.5. The summed E-state index contributed by atoms with van der Waals surface area (Å²) in [6.07, 6.45) is 3.25. The van der Waals surface area contributed by atoms with Crippen molar-refractivity contribution in [3.05, 3.63) is 24.6 Å². The van der Waals surface area contributed by atoms with Crippen LogP contribution in [0, 0.1) is 0 Å². The molecule has 0 spiro atoms. The normalized spacial score (nSPS) is 10.4. The summed E-state index contributed by atoms with van der Waals surface area (Å²) >= 11 is 0. The van der Waals surface area contributed by atoms with E-state index in [0.717, 1.165) is 11.0 Å². The molecule has 2 heterocycles. The fourth-order valence-corrected chi connectivity index (χ4v) is 1.35. The van der Waals surface area contributed by atoms with E-state index in [9.17, 15) is 4.79 Å². The summed E-state index contributed by atoms with van der Waals surface area (Å²) in [6.45, 7) is 0.226. The predicted molar refractivity (Wildman–Crippen MR) is 61.2 cm³/mol. The molecular weight excluding hydrogens is 206 g/mol. The molecule has 0 bridgehead atoms. The summed E-state index contributed by atoms with van der Waals surface area (Å²) in [6, 6.07) is 3.61. The number of likely N-dealkylation sites (N-methyl/N-ethyl adjacent to an activating group) is 1. The van der Waals surface area contributed by atoms with Crippen LogP contribution in [0.3, 0.4) is 0 Å². The van der Waals surface area contributed by atoms with Crippen LogP contribution < -0.4 is 5.32 Å². The van der Waals surface area contributed by atoms with E-state index >= 15 is 0 Å². The van der Waals surface area contributed by atoms with Crippen LogP contribution in [-0.4, -0.2) is 36.4 Å². The summed E-state index contributed by atoms with van der Waals surface area (Å²) in [5.41, 5.74) is 0.759. The number of fused-ring (bicyclic) bond motifs is 1. The molecule has 16 heavy (non-hydrogen) atoms. The maximum atomic E-state index is 11.4. The Kier molecular flexibility index (Phi) is 2.76. The Morgan fingerprint density at radius 3 is 3.06 bits per heavy atom. The van der Waals surface area contributed by atoms with Crippen LogP contribution in [0.2, 0.25) is 0 Å². The average Bonchev–Trinajstić information content (AvgIpc) is 2.73. The molecule has 0 radical (unpaired) electrons. The van der Waals surface area contributed by atoms with Gasteiger partial charge in [0.05, 0.1) is 18.2 Å². The highest BCUT2D eigenvalue weighted by molar-refractivity contribution is 5.90. The Hall–Kier alpha value is -2.04. The van der Waals surface area contributed by atoms with E-state index in [-0.39, 0.29) is 12.5 Å². The van der Waals surface area contributed by atoms with E-state index < -0.39 is 0 Å². The molecule has 1 amide bonds. The van der Waals surface area contributed by atoms with Crippen LogP contribution in [-0.2, 0) is 4.79 Å². The number of furan rings is 1. The first-order chi connectivity index (χ1) is 7.68. The van der Waals surface area contributed by atoms with Crippen molar-refractivity contribution >= 4 is 22.7 Å². The quantitative estimate of drug-likeness (QED) is 0.846. The molecular formula is C11H13N3O2. The SMILES string of the molecule is CN(C)C(=O)CNc1nccc2occc12. The highest BCUT2D eigenvalue weighted by Gasteiger charge is 2.07. The summed E-state index contributed by atoms with van der Waals surface area (Å²) in [5, 5.41) is 3.88. The fraction of sp³-hybridized carbons (Fsp3) is 0.273. The average molecular weight is 219 g/mol. The molecule has 0 fully saturated rings. The lowest BCUT2D eigenvalue weighted by Gasteiger charge is -2.11. The van der Waals surface area contributed by atoms with Crippen LogP contribution in [0.25, 0.3) is 11.0 Å². The molecule has 0 aliphatic heterocycles. The molecule has 2 aromatic heterocycles. The highest BCUT2D eigenvalue weighted by atomic mass is 16.3. The van der Waals surface area contributed by atoms with Gasteiger partial charge in [-0.05, 0) is 12.1 Å². The third kappa shape index (κ3) is 1.98. The van der Waals surface area contributed by atoms with E-state index in [1.54, 1.807) is 32.6 Å². The summed E-state index contributed by atoms with van der Waals surface area (Å²) in [4.78, 5) is 17.1. The van der Waals surface area contributed by atoms with Gasteiger partial charge in [-0.25, -0.2) is 4.98 Å². The van der Waals surface area contributed by atoms with Gasteiger partial charge in [-0.1, -0.05) is 0 Å². The Labute approximate surface area is 93.1 Å². The van der Waals surface area contributed by atoms with E-state index in [1.807, 2.05) is 6.07 Å². The van der Waals surface area contributed by atoms with Gasteiger partial charge in [0.2, 0.25) is 5.91 Å². The standard InChI is InChI=1S/C11H13N3O2/c1-14(2)10(15)7-13-11-8-4-6-16-9(8)3-5-12-11/h3-6H,7H2,1-2H3,(H,12,13). The van der Waals surface area contributed by atoms with Crippen molar-refractivity contribution in [2.75, 3.05) is 26.0 Å². The number of nitrogens with zero attached hydrogens (tertiary/aromatic N) is 2. The monoisotopic (exact) mass is 219 g/mol. The lowest BCUT2D eigenvalue weighted by Crippen LogP contribution is -2.28. The maximum Gasteiger partial charge on any atom is 0.241 e. The van der Waals surface area contributed by atoms with Crippen molar-refractivity contribution in [3.8, 4) is 0 Å². The zero-order valence-electron chi connectivity index (χ0n) is 9.23. The Bertz CT molecular complexity index is 505. The van der Waals surface area contributed by atoms with E-state index in [1.165, 1.54) is 4.90 Å². The minimum atomic E-state index is 0.00213.